The van der Waals surface area contributed by atoms with E-state index in [0.29, 0.717) is 47.2 Å². The Labute approximate surface area is 205 Å². The van der Waals surface area contributed by atoms with Gasteiger partial charge in [0.2, 0.25) is 5.91 Å². The number of rotatable bonds is 7. The van der Waals surface area contributed by atoms with Crippen molar-refractivity contribution in [1.29, 1.82) is 0 Å². The third-order valence-corrected chi connectivity index (χ3v) is 6.93. The monoisotopic (exact) mass is 489 g/mol. The number of piperazine rings is 1. The number of carbonyl (C=O) groups excluding carboxylic acids is 2. The molecule has 0 radical (unpaired) electrons. The van der Waals surface area contributed by atoms with Crippen LogP contribution < -0.4 is 10.2 Å². The Hall–Kier alpha value is -2.32. The average molecular weight is 490 g/mol. The highest BCUT2D eigenvalue weighted by Crippen LogP contribution is 2.24. The molecule has 1 fully saturated rings. The van der Waals surface area contributed by atoms with Crippen LogP contribution in [0.2, 0.25) is 5.15 Å². The minimum absolute atomic E-state index is 0.0145. The molecule has 2 aromatic rings. The Balaban J connectivity index is 1.62. The zero-order valence-corrected chi connectivity index (χ0v) is 21.4. The van der Waals surface area contributed by atoms with Crippen molar-refractivity contribution in [2.24, 2.45) is 5.92 Å². The smallest absolute Gasteiger partial charge is 0.254 e. The van der Waals surface area contributed by atoms with Gasteiger partial charge in [0.15, 0.2) is 5.16 Å². The maximum absolute atomic E-state index is 13.0. The molecule has 178 valence electrons. The number of aromatic nitrogens is 2. The van der Waals surface area contributed by atoms with Gasteiger partial charge in [-0.1, -0.05) is 54.9 Å². The number of nitrogens with zero attached hydrogens (tertiary/aromatic N) is 4. The molecule has 1 aliphatic rings. The van der Waals surface area contributed by atoms with Crippen molar-refractivity contribution in [3.8, 4) is 0 Å². The van der Waals surface area contributed by atoms with Crippen molar-refractivity contribution in [2.75, 3.05) is 30.3 Å². The van der Waals surface area contributed by atoms with Gasteiger partial charge in [-0.3, -0.25) is 9.59 Å². The second-order valence-corrected chi connectivity index (χ2v) is 10.2. The first-order chi connectivity index (χ1) is 15.6. The fourth-order valence-electron chi connectivity index (χ4n) is 3.53. The summed E-state index contributed by atoms with van der Waals surface area (Å²) in [5.41, 5.74) is 1.83. The normalized spacial score (nSPS) is 17.2. The van der Waals surface area contributed by atoms with Crippen LogP contribution in [0.3, 0.4) is 0 Å². The summed E-state index contributed by atoms with van der Waals surface area (Å²) in [5.74, 6) is 1.30. The number of halogens is 1. The lowest BCUT2D eigenvalue weighted by atomic mass is 10.1. The summed E-state index contributed by atoms with van der Waals surface area (Å²) < 4.78 is 0. The van der Waals surface area contributed by atoms with Crippen molar-refractivity contribution in [2.45, 2.75) is 51.9 Å². The molecule has 9 heteroatoms. The quantitative estimate of drug-likeness (QED) is 0.359. The lowest BCUT2D eigenvalue weighted by molar-refractivity contribution is -0.119. The van der Waals surface area contributed by atoms with E-state index in [4.69, 9.17) is 11.6 Å². The number of aryl methyl sites for hydroxylation is 1. The molecular weight excluding hydrogens is 458 g/mol. The summed E-state index contributed by atoms with van der Waals surface area (Å²) in [6.07, 6.45) is 0. The van der Waals surface area contributed by atoms with Gasteiger partial charge in [-0.05, 0) is 38.8 Å². The van der Waals surface area contributed by atoms with Gasteiger partial charge < -0.3 is 15.1 Å². The van der Waals surface area contributed by atoms with E-state index < -0.39 is 0 Å². The molecule has 1 aliphatic heterocycles. The molecule has 7 nitrogen and oxygen atoms in total. The molecule has 3 rings (SSSR count). The molecule has 0 bridgehead atoms. The highest BCUT2D eigenvalue weighted by atomic mass is 35.5. The Kier molecular flexibility index (Phi) is 8.59. The molecule has 1 N–H and O–H groups in total. The van der Waals surface area contributed by atoms with Gasteiger partial charge in [-0.2, -0.15) is 0 Å². The third-order valence-electron chi connectivity index (χ3n) is 5.89. The van der Waals surface area contributed by atoms with Crippen LogP contribution in [-0.4, -0.2) is 64.2 Å². The molecule has 2 unspecified atom stereocenters. The molecule has 0 aliphatic carbocycles. The fraction of sp³-hybridized carbons (Fsp3) is 0.500. The SMILES string of the molecule is Cc1ccc(C(=O)N2CCN(c3cc(Cl)nc(SCC(=O)NC(C)C(C)C)n3)CC2C)cc1. The molecule has 1 saturated heterocycles. The van der Waals surface area contributed by atoms with Gasteiger partial charge in [0.1, 0.15) is 11.0 Å². The zero-order chi connectivity index (χ0) is 24.1. The lowest BCUT2D eigenvalue weighted by Crippen LogP contribution is -2.54. The highest BCUT2D eigenvalue weighted by Gasteiger charge is 2.29. The van der Waals surface area contributed by atoms with Crippen molar-refractivity contribution in [1.82, 2.24) is 20.2 Å². The van der Waals surface area contributed by atoms with E-state index in [9.17, 15) is 9.59 Å². The molecule has 0 saturated carbocycles. The van der Waals surface area contributed by atoms with Crippen LogP contribution in [0.4, 0.5) is 5.82 Å². The predicted molar refractivity (Wildman–Crippen MR) is 134 cm³/mol. The van der Waals surface area contributed by atoms with Crippen LogP contribution in [-0.2, 0) is 4.79 Å². The highest BCUT2D eigenvalue weighted by molar-refractivity contribution is 7.99. The van der Waals surface area contributed by atoms with Crippen molar-refractivity contribution in [3.05, 3.63) is 46.6 Å². The number of hydrogen-bond acceptors (Lipinski definition) is 6. The minimum Gasteiger partial charge on any atom is -0.353 e. The van der Waals surface area contributed by atoms with E-state index >= 15 is 0 Å². The number of benzene rings is 1. The lowest BCUT2D eigenvalue weighted by Gasteiger charge is -2.40. The van der Waals surface area contributed by atoms with Crippen molar-refractivity contribution >= 4 is 41.0 Å². The van der Waals surface area contributed by atoms with E-state index in [1.165, 1.54) is 11.8 Å². The van der Waals surface area contributed by atoms with Gasteiger partial charge in [-0.15, -0.1) is 0 Å². The van der Waals surface area contributed by atoms with Gasteiger partial charge in [0.05, 0.1) is 5.75 Å². The number of nitrogens with one attached hydrogen (secondary N) is 1. The van der Waals surface area contributed by atoms with Crippen LogP contribution in [0, 0.1) is 12.8 Å². The van der Waals surface area contributed by atoms with Crippen LogP contribution in [0.5, 0.6) is 0 Å². The maximum atomic E-state index is 13.0. The topological polar surface area (TPSA) is 78.4 Å². The van der Waals surface area contributed by atoms with E-state index in [1.54, 1.807) is 6.07 Å². The minimum atomic E-state index is -0.0526. The summed E-state index contributed by atoms with van der Waals surface area (Å²) in [6.45, 7) is 12.1. The summed E-state index contributed by atoms with van der Waals surface area (Å²) >= 11 is 7.53. The molecule has 1 aromatic heterocycles. The zero-order valence-electron chi connectivity index (χ0n) is 19.8. The Morgan fingerprint density at radius 2 is 1.88 bits per heavy atom. The molecule has 0 spiro atoms. The van der Waals surface area contributed by atoms with E-state index in [-0.39, 0.29) is 29.7 Å². The Morgan fingerprint density at radius 3 is 2.52 bits per heavy atom. The van der Waals surface area contributed by atoms with E-state index in [0.717, 1.165) is 5.56 Å². The van der Waals surface area contributed by atoms with Gasteiger partial charge in [-0.25, -0.2) is 9.97 Å². The Bertz CT molecular complexity index is 985. The van der Waals surface area contributed by atoms with E-state index in [2.05, 4.69) is 34.0 Å². The fourth-order valence-corrected chi connectivity index (χ4v) is 4.43. The second-order valence-electron chi connectivity index (χ2n) is 8.88. The van der Waals surface area contributed by atoms with Crippen molar-refractivity contribution < 1.29 is 9.59 Å². The summed E-state index contributed by atoms with van der Waals surface area (Å²) in [7, 11) is 0. The van der Waals surface area contributed by atoms with Gasteiger partial charge in [0, 0.05) is 43.3 Å². The number of carbonyl (C=O) groups is 2. The summed E-state index contributed by atoms with van der Waals surface area (Å²) in [4.78, 5) is 38.1. The number of anilines is 1. The maximum Gasteiger partial charge on any atom is 0.254 e. The largest absolute Gasteiger partial charge is 0.353 e. The van der Waals surface area contributed by atoms with Crippen LogP contribution in [0.25, 0.3) is 0 Å². The number of amides is 2. The molecule has 2 heterocycles. The first kappa shape index (κ1) is 25.3. The number of thioether (sulfide) groups is 1. The van der Waals surface area contributed by atoms with Crippen molar-refractivity contribution in [3.63, 3.8) is 0 Å². The van der Waals surface area contributed by atoms with Gasteiger partial charge >= 0.3 is 0 Å². The third kappa shape index (κ3) is 6.84. The van der Waals surface area contributed by atoms with Gasteiger partial charge in [0.25, 0.3) is 5.91 Å². The second kappa shape index (κ2) is 11.2. The van der Waals surface area contributed by atoms with E-state index in [1.807, 2.05) is 49.9 Å². The first-order valence-corrected chi connectivity index (χ1v) is 12.6. The molecule has 2 atom stereocenters. The average Bonchev–Trinajstić information content (AvgIpc) is 2.77. The molecule has 1 aromatic carbocycles. The van der Waals surface area contributed by atoms with Crippen LogP contribution >= 0.6 is 23.4 Å². The molecule has 33 heavy (non-hydrogen) atoms. The van der Waals surface area contributed by atoms with Crippen LogP contribution in [0.15, 0.2) is 35.5 Å². The molecular formula is C24H32ClN5O2S. The first-order valence-electron chi connectivity index (χ1n) is 11.2. The molecule has 2 amide bonds. The standard InChI is InChI=1S/C24H32ClN5O2S/c1-15(2)18(5)26-22(31)14-33-24-27-20(25)12-21(28-24)29-10-11-30(17(4)13-29)23(32)19-8-6-16(3)7-9-19/h6-9,12,15,17-18H,10-11,13-14H2,1-5H3,(H,26,31). The predicted octanol–water partition coefficient (Wildman–Crippen LogP) is 4.04. The Morgan fingerprint density at radius 1 is 1.18 bits per heavy atom. The van der Waals surface area contributed by atoms with Crippen LogP contribution in [0.1, 0.15) is 43.6 Å². The summed E-state index contributed by atoms with van der Waals surface area (Å²) in [6, 6.07) is 9.52. The number of hydrogen-bond donors (Lipinski definition) is 1. The summed E-state index contributed by atoms with van der Waals surface area (Å²) in [5, 5.41) is 3.79.